The lowest BCUT2D eigenvalue weighted by atomic mass is 10.1. The topological polar surface area (TPSA) is 186 Å². The summed E-state index contributed by atoms with van der Waals surface area (Å²) in [7, 11) is 0. The molecule has 0 aromatic rings. The van der Waals surface area contributed by atoms with Crippen LogP contribution in [0.1, 0.15) is 103 Å². The van der Waals surface area contributed by atoms with Crippen molar-refractivity contribution in [3.8, 4) is 0 Å². The lowest BCUT2D eigenvalue weighted by Gasteiger charge is -2.12. The predicted molar refractivity (Wildman–Crippen MR) is 136 cm³/mol. The number of hydrogen-bond donors (Lipinski definition) is 2. The highest BCUT2D eigenvalue weighted by Crippen LogP contribution is 2.15. The highest BCUT2D eigenvalue weighted by atomic mass is 16.7. The molecule has 0 atom stereocenters. The highest BCUT2D eigenvalue weighted by Gasteiger charge is 2.33. The van der Waals surface area contributed by atoms with Gasteiger partial charge in [-0.15, -0.1) is 10.1 Å². The quantitative estimate of drug-likeness (QED) is 0.169. The van der Waals surface area contributed by atoms with Crippen LogP contribution >= 0.6 is 0 Å². The lowest BCUT2D eigenvalue weighted by Crippen LogP contribution is -2.31. The van der Waals surface area contributed by atoms with Crippen LogP contribution in [0.15, 0.2) is 0 Å². The Bertz CT molecular complexity index is 859. The first kappa shape index (κ1) is 32.4. The van der Waals surface area contributed by atoms with Crippen LogP contribution in [0.5, 0.6) is 0 Å². The van der Waals surface area contributed by atoms with E-state index in [1.54, 1.807) is 0 Å². The van der Waals surface area contributed by atoms with Gasteiger partial charge >= 0.3 is 11.9 Å². The van der Waals surface area contributed by atoms with E-state index in [9.17, 15) is 38.4 Å². The van der Waals surface area contributed by atoms with Crippen LogP contribution in [0.25, 0.3) is 0 Å². The molecule has 2 fully saturated rings. The minimum absolute atomic E-state index is 0.0583. The van der Waals surface area contributed by atoms with Crippen LogP contribution in [0.2, 0.25) is 0 Å². The fourth-order valence-electron chi connectivity index (χ4n) is 3.97. The molecule has 2 saturated heterocycles. The van der Waals surface area contributed by atoms with E-state index in [4.69, 9.17) is 9.68 Å². The Labute approximate surface area is 232 Å². The maximum atomic E-state index is 11.9. The molecule has 0 saturated carbocycles. The number of nitrogens with one attached hydrogen (secondary N) is 2. The number of carbonyl (C=O) groups excluding carboxylic acids is 8. The Hall–Kier alpha value is -3.84. The second-order valence-corrected chi connectivity index (χ2v) is 9.62. The Morgan fingerprint density at radius 2 is 0.825 bits per heavy atom. The molecule has 2 N–H and O–H groups in total. The van der Waals surface area contributed by atoms with E-state index in [-0.39, 0.29) is 63.2 Å². The molecule has 40 heavy (non-hydrogen) atoms. The molecule has 0 spiro atoms. The second kappa shape index (κ2) is 17.7. The van der Waals surface area contributed by atoms with Crippen molar-refractivity contribution in [1.29, 1.82) is 0 Å². The molecule has 0 bridgehead atoms. The number of hydrogen-bond acceptors (Lipinski definition) is 10. The molecule has 6 amide bonds. The molecule has 2 aliphatic heterocycles. The number of amides is 6. The molecule has 14 nitrogen and oxygen atoms in total. The Balaban J connectivity index is 1.36. The molecule has 0 radical (unpaired) electrons. The molecule has 0 aromatic carbocycles. The summed E-state index contributed by atoms with van der Waals surface area (Å²) in [4.78, 5) is 102. The maximum absolute atomic E-state index is 11.9. The minimum Gasteiger partial charge on any atom is -0.356 e. The van der Waals surface area contributed by atoms with Gasteiger partial charge in [0.05, 0.1) is 0 Å². The van der Waals surface area contributed by atoms with Gasteiger partial charge in [0.2, 0.25) is 11.8 Å². The molecule has 0 unspecified atom stereocenters. The van der Waals surface area contributed by atoms with Gasteiger partial charge in [0.25, 0.3) is 23.6 Å². The van der Waals surface area contributed by atoms with Crippen molar-refractivity contribution in [1.82, 2.24) is 20.8 Å². The number of imide groups is 2. The molecule has 222 valence electrons. The van der Waals surface area contributed by atoms with E-state index < -0.39 is 35.6 Å². The van der Waals surface area contributed by atoms with Gasteiger partial charge in [-0.25, -0.2) is 9.59 Å². The summed E-state index contributed by atoms with van der Waals surface area (Å²) in [6.45, 7) is 0.916. The molecular weight excluding hydrogens is 528 g/mol. The van der Waals surface area contributed by atoms with Crippen molar-refractivity contribution >= 4 is 47.4 Å². The van der Waals surface area contributed by atoms with E-state index in [0.717, 1.165) is 25.7 Å². The third kappa shape index (κ3) is 12.3. The molecule has 0 aliphatic carbocycles. The summed E-state index contributed by atoms with van der Waals surface area (Å²) in [5.74, 6) is -3.70. The minimum atomic E-state index is -0.621. The Kier molecular flexibility index (Phi) is 14.3. The van der Waals surface area contributed by atoms with Crippen molar-refractivity contribution in [3.63, 3.8) is 0 Å². The number of rotatable bonds is 19. The maximum Gasteiger partial charge on any atom is 0.333 e. The van der Waals surface area contributed by atoms with Gasteiger partial charge in [-0.1, -0.05) is 25.7 Å². The van der Waals surface area contributed by atoms with Gasteiger partial charge in [0, 0.05) is 64.5 Å². The van der Waals surface area contributed by atoms with Crippen LogP contribution in [-0.2, 0) is 48.0 Å². The number of hydroxylamine groups is 4. The zero-order valence-corrected chi connectivity index (χ0v) is 22.7. The van der Waals surface area contributed by atoms with Crippen molar-refractivity contribution in [2.45, 2.75) is 103 Å². The molecule has 2 heterocycles. The van der Waals surface area contributed by atoms with E-state index in [0.29, 0.717) is 48.9 Å². The van der Waals surface area contributed by atoms with Gasteiger partial charge < -0.3 is 20.3 Å². The first-order chi connectivity index (χ1) is 19.2. The Morgan fingerprint density at radius 1 is 0.500 bits per heavy atom. The van der Waals surface area contributed by atoms with E-state index in [1.807, 2.05) is 0 Å². The highest BCUT2D eigenvalue weighted by molar-refractivity contribution is 6.02. The summed E-state index contributed by atoms with van der Waals surface area (Å²) in [6, 6.07) is 0. The van der Waals surface area contributed by atoms with Gasteiger partial charge in [0.1, 0.15) is 0 Å². The lowest BCUT2D eigenvalue weighted by molar-refractivity contribution is -0.197. The average molecular weight is 567 g/mol. The normalized spacial score (nSPS) is 15.0. The van der Waals surface area contributed by atoms with Gasteiger partial charge in [-0.3, -0.25) is 28.8 Å². The number of carbonyl (C=O) groups is 8. The van der Waals surface area contributed by atoms with E-state index in [2.05, 4.69) is 10.6 Å². The third-order valence-corrected chi connectivity index (χ3v) is 6.24. The van der Waals surface area contributed by atoms with Crippen LogP contribution in [0.4, 0.5) is 0 Å². The van der Waals surface area contributed by atoms with Gasteiger partial charge in [-0.05, 0) is 25.7 Å². The number of unbranched alkanes of at least 4 members (excludes halogenated alkanes) is 6. The largest absolute Gasteiger partial charge is 0.356 e. The average Bonchev–Trinajstić information content (AvgIpc) is 3.41. The van der Waals surface area contributed by atoms with Gasteiger partial charge in [-0.2, -0.15) is 0 Å². The molecule has 2 rings (SSSR count). The summed E-state index contributed by atoms with van der Waals surface area (Å²) in [5, 5.41) is 6.58. The first-order valence-corrected chi connectivity index (χ1v) is 13.8. The van der Waals surface area contributed by atoms with Crippen LogP contribution < -0.4 is 10.6 Å². The molecular formula is C26H38N4O10. The standard InChI is InChI=1S/C26H38N4O10/c31-19(27-17-7-3-1-5-9-25(37)39-29-21(33)13-14-22(29)34)11-12-20(32)28-18-8-4-2-6-10-26(38)40-30-23(35)15-16-24(30)36/h1-18H2,(H,27,31)(H,28,32). The second-order valence-electron chi connectivity index (χ2n) is 9.62. The van der Waals surface area contributed by atoms with Gasteiger partial charge in [0.15, 0.2) is 0 Å². The Morgan fingerprint density at radius 3 is 1.18 bits per heavy atom. The van der Waals surface area contributed by atoms with Crippen LogP contribution in [0.3, 0.4) is 0 Å². The van der Waals surface area contributed by atoms with Crippen molar-refractivity contribution in [2.24, 2.45) is 0 Å². The van der Waals surface area contributed by atoms with E-state index >= 15 is 0 Å². The SMILES string of the molecule is O=C(CCC(=O)NCCCCCCC(=O)ON1C(=O)CCC1=O)NCCCCCCC(=O)ON1C(=O)CCC1=O. The predicted octanol–water partition coefficient (Wildman–Crippen LogP) is 1.11. The zero-order chi connectivity index (χ0) is 29.3. The summed E-state index contributed by atoms with van der Waals surface area (Å²) in [6.07, 6.45) is 6.07. The summed E-state index contributed by atoms with van der Waals surface area (Å²) in [5.41, 5.74) is 0. The number of nitrogens with zero attached hydrogens (tertiary/aromatic N) is 2. The van der Waals surface area contributed by atoms with Crippen molar-refractivity contribution < 1.29 is 48.0 Å². The van der Waals surface area contributed by atoms with Crippen LogP contribution in [0, 0.1) is 0 Å². The van der Waals surface area contributed by atoms with E-state index in [1.165, 1.54) is 0 Å². The van der Waals surface area contributed by atoms with Crippen molar-refractivity contribution in [2.75, 3.05) is 13.1 Å². The molecule has 2 aliphatic rings. The smallest absolute Gasteiger partial charge is 0.333 e. The summed E-state index contributed by atoms with van der Waals surface area (Å²) < 4.78 is 0. The van der Waals surface area contributed by atoms with Crippen LogP contribution in [-0.4, -0.2) is 70.6 Å². The van der Waals surface area contributed by atoms with Crippen molar-refractivity contribution in [3.05, 3.63) is 0 Å². The molecule has 0 aromatic heterocycles. The monoisotopic (exact) mass is 566 g/mol. The zero-order valence-electron chi connectivity index (χ0n) is 22.7. The fraction of sp³-hybridized carbons (Fsp3) is 0.692. The third-order valence-electron chi connectivity index (χ3n) is 6.24. The summed E-state index contributed by atoms with van der Waals surface area (Å²) >= 11 is 0. The first-order valence-electron chi connectivity index (χ1n) is 13.8. The molecule has 14 heteroatoms. The fourth-order valence-corrected chi connectivity index (χ4v) is 3.97.